The molecule has 0 heterocycles. The van der Waals surface area contributed by atoms with E-state index in [1.54, 1.807) is 0 Å². The van der Waals surface area contributed by atoms with Crippen molar-refractivity contribution in [3.63, 3.8) is 0 Å². The molecule has 0 aromatic rings. The van der Waals surface area contributed by atoms with Crippen molar-refractivity contribution in [1.82, 2.24) is 0 Å². The molecule has 0 aromatic heterocycles. The lowest BCUT2D eigenvalue weighted by molar-refractivity contribution is -0.125. The van der Waals surface area contributed by atoms with E-state index in [2.05, 4.69) is 0 Å². The van der Waals surface area contributed by atoms with Crippen LogP contribution in [0.3, 0.4) is 0 Å². The summed E-state index contributed by atoms with van der Waals surface area (Å²) in [5.74, 6) is 1.90. The molecule has 0 aromatic carbocycles. The molecule has 0 aliphatic heterocycles. The maximum atomic E-state index is 10.8. The first kappa shape index (κ1) is 9.19. The van der Waals surface area contributed by atoms with E-state index in [0.717, 1.165) is 0 Å². The van der Waals surface area contributed by atoms with Crippen LogP contribution in [0.2, 0.25) is 0 Å². The predicted octanol–water partition coefficient (Wildman–Crippen LogP) is 0.860. The summed E-state index contributed by atoms with van der Waals surface area (Å²) in [6.07, 6.45) is 4.47. The fourth-order valence-electron chi connectivity index (χ4n) is 0.764. The van der Waals surface area contributed by atoms with E-state index in [9.17, 15) is 4.79 Å². The second-order valence-corrected chi connectivity index (χ2v) is 2.41. The molecule has 0 saturated carbocycles. The Morgan fingerprint density at radius 3 is 2.20 bits per heavy atom. The fourth-order valence-corrected chi connectivity index (χ4v) is 0.764. The van der Waals surface area contributed by atoms with Gasteiger partial charge in [0.15, 0.2) is 0 Å². The van der Waals surface area contributed by atoms with E-state index in [4.69, 9.17) is 11.2 Å². The molecule has 56 valence electrons. The van der Waals surface area contributed by atoms with E-state index < -0.39 is 6.10 Å². The summed E-state index contributed by atoms with van der Waals surface area (Å²) in [5, 5.41) is 0. The van der Waals surface area contributed by atoms with Crippen LogP contribution in [0.1, 0.15) is 13.8 Å². The number of hydrogen-bond acceptors (Lipinski definition) is 2. The smallest absolute Gasteiger partial charge is 0.234 e. The van der Waals surface area contributed by atoms with Crippen LogP contribution >= 0.6 is 0 Å². The summed E-state index contributed by atoms with van der Waals surface area (Å²) < 4.78 is 4.87. The molecule has 0 aliphatic rings. The number of hydrogen-bond donors (Lipinski definition) is 0. The van der Waals surface area contributed by atoms with E-state index in [-0.39, 0.29) is 11.7 Å². The quantitative estimate of drug-likeness (QED) is 0.429. The van der Waals surface area contributed by atoms with Gasteiger partial charge < -0.3 is 4.74 Å². The molecule has 0 amide bonds. The van der Waals surface area contributed by atoms with Gasteiger partial charge in [0.25, 0.3) is 0 Å². The summed E-state index contributed by atoms with van der Waals surface area (Å²) in [6.45, 7) is 3.78. The number of ether oxygens (including phenoxy) is 1. The number of methoxy groups -OCH3 is 1. The summed E-state index contributed by atoms with van der Waals surface area (Å²) in [6, 6.07) is 0. The summed E-state index contributed by atoms with van der Waals surface area (Å²) in [7, 11) is 1.49. The number of carbonyl (C=O) groups is 1. The van der Waals surface area contributed by atoms with Gasteiger partial charge in [-0.15, -0.1) is 6.42 Å². The molecule has 0 N–H and O–H groups in total. The zero-order valence-electron chi connectivity index (χ0n) is 6.55. The van der Waals surface area contributed by atoms with Crippen molar-refractivity contribution >= 4 is 5.78 Å². The summed E-state index contributed by atoms with van der Waals surface area (Å²) in [5.41, 5.74) is 0. The minimum Gasteiger partial charge on any atom is -0.372 e. The van der Waals surface area contributed by atoms with Gasteiger partial charge in [-0.25, -0.2) is 0 Å². The topological polar surface area (TPSA) is 26.3 Å². The third kappa shape index (κ3) is 2.20. The number of Topliss-reactive ketones (excluding diaryl/α,β-unsaturated/α-hetero) is 1. The SMILES string of the molecule is C#CC(=O)C(OC)C(C)C. The first-order valence-corrected chi connectivity index (χ1v) is 3.16. The molecule has 0 aliphatic carbocycles. The van der Waals surface area contributed by atoms with Crippen LogP contribution in [0.5, 0.6) is 0 Å². The number of terminal acetylenes is 1. The molecule has 2 nitrogen and oxygen atoms in total. The van der Waals surface area contributed by atoms with Gasteiger partial charge in [0.1, 0.15) is 6.10 Å². The van der Waals surface area contributed by atoms with Crippen molar-refractivity contribution in [2.45, 2.75) is 20.0 Å². The predicted molar refractivity (Wildman–Crippen MR) is 39.5 cm³/mol. The van der Waals surface area contributed by atoms with Crippen molar-refractivity contribution in [1.29, 1.82) is 0 Å². The molecule has 0 saturated heterocycles. The molecule has 0 bridgehead atoms. The van der Waals surface area contributed by atoms with Gasteiger partial charge in [-0.05, 0) is 11.8 Å². The highest BCUT2D eigenvalue weighted by atomic mass is 16.5. The molecule has 0 spiro atoms. The van der Waals surface area contributed by atoms with Crippen LogP contribution in [0.15, 0.2) is 0 Å². The Morgan fingerprint density at radius 1 is 1.60 bits per heavy atom. The van der Waals surface area contributed by atoms with E-state index in [1.165, 1.54) is 7.11 Å². The molecular weight excluding hydrogens is 128 g/mol. The van der Waals surface area contributed by atoms with Gasteiger partial charge in [-0.3, -0.25) is 4.79 Å². The molecule has 0 radical (unpaired) electrons. The van der Waals surface area contributed by atoms with Crippen molar-refractivity contribution in [2.75, 3.05) is 7.11 Å². The second kappa shape index (κ2) is 4.08. The van der Waals surface area contributed by atoms with E-state index in [0.29, 0.717) is 0 Å². The van der Waals surface area contributed by atoms with Crippen LogP contribution < -0.4 is 0 Å². The van der Waals surface area contributed by atoms with Gasteiger partial charge in [0, 0.05) is 7.11 Å². The minimum absolute atomic E-state index is 0.147. The maximum absolute atomic E-state index is 10.8. The third-order valence-corrected chi connectivity index (χ3v) is 1.26. The Kier molecular flexibility index (Phi) is 3.75. The van der Waals surface area contributed by atoms with Gasteiger partial charge in [0.2, 0.25) is 5.78 Å². The monoisotopic (exact) mass is 140 g/mol. The molecular formula is C8H12O2. The second-order valence-electron chi connectivity index (χ2n) is 2.41. The Bertz CT molecular complexity index is 153. The third-order valence-electron chi connectivity index (χ3n) is 1.26. The maximum Gasteiger partial charge on any atom is 0.234 e. The van der Waals surface area contributed by atoms with Crippen LogP contribution in [0, 0.1) is 18.3 Å². The lowest BCUT2D eigenvalue weighted by atomic mass is 10.0. The number of rotatable bonds is 3. The largest absolute Gasteiger partial charge is 0.372 e. The average molecular weight is 140 g/mol. The van der Waals surface area contributed by atoms with Gasteiger partial charge in [0.05, 0.1) is 0 Å². The van der Waals surface area contributed by atoms with Gasteiger partial charge >= 0.3 is 0 Å². The van der Waals surface area contributed by atoms with Crippen molar-refractivity contribution in [2.24, 2.45) is 5.92 Å². The van der Waals surface area contributed by atoms with Crippen LogP contribution in [0.4, 0.5) is 0 Å². The molecule has 1 atom stereocenters. The molecule has 0 fully saturated rings. The Morgan fingerprint density at radius 2 is 2.10 bits per heavy atom. The first-order chi connectivity index (χ1) is 4.63. The number of carbonyl (C=O) groups excluding carboxylic acids is 1. The van der Waals surface area contributed by atoms with Gasteiger partial charge in [-0.2, -0.15) is 0 Å². The normalized spacial score (nSPS) is 12.7. The molecule has 2 heteroatoms. The molecule has 10 heavy (non-hydrogen) atoms. The van der Waals surface area contributed by atoms with Crippen LogP contribution in [-0.2, 0) is 9.53 Å². The highest BCUT2D eigenvalue weighted by Crippen LogP contribution is 2.05. The van der Waals surface area contributed by atoms with Crippen LogP contribution in [0.25, 0.3) is 0 Å². The average Bonchev–Trinajstić information content (AvgIpc) is 1.88. The lowest BCUT2D eigenvalue weighted by Crippen LogP contribution is -2.27. The standard InChI is InChI=1S/C8H12O2/c1-5-7(9)8(10-4)6(2)3/h1,6,8H,2-4H3. The lowest BCUT2D eigenvalue weighted by Gasteiger charge is -2.13. The van der Waals surface area contributed by atoms with Gasteiger partial charge in [-0.1, -0.05) is 13.8 Å². The van der Waals surface area contributed by atoms with Crippen molar-refractivity contribution < 1.29 is 9.53 Å². The molecule has 1 unspecified atom stereocenters. The zero-order chi connectivity index (χ0) is 8.15. The molecule has 0 rings (SSSR count). The summed E-state index contributed by atoms with van der Waals surface area (Å²) >= 11 is 0. The Hall–Kier alpha value is -0.810. The van der Waals surface area contributed by atoms with E-state index in [1.807, 2.05) is 19.8 Å². The highest BCUT2D eigenvalue weighted by Gasteiger charge is 2.18. The first-order valence-electron chi connectivity index (χ1n) is 3.16. The Labute approximate surface area is 61.6 Å². The Balaban J connectivity index is 4.10. The summed E-state index contributed by atoms with van der Waals surface area (Å²) in [4.78, 5) is 10.8. The zero-order valence-corrected chi connectivity index (χ0v) is 6.55. The van der Waals surface area contributed by atoms with Crippen molar-refractivity contribution in [3.05, 3.63) is 0 Å². The fraction of sp³-hybridized carbons (Fsp3) is 0.625. The van der Waals surface area contributed by atoms with E-state index >= 15 is 0 Å². The number of ketones is 1. The van der Waals surface area contributed by atoms with Crippen molar-refractivity contribution in [3.8, 4) is 12.3 Å². The van der Waals surface area contributed by atoms with Crippen LogP contribution in [-0.4, -0.2) is 19.0 Å². The minimum atomic E-state index is -0.440. The highest BCUT2D eigenvalue weighted by molar-refractivity contribution is 5.98.